The fourth-order valence-corrected chi connectivity index (χ4v) is 3.56. The van der Waals surface area contributed by atoms with Crippen molar-refractivity contribution in [1.82, 2.24) is 15.0 Å². The van der Waals surface area contributed by atoms with Crippen LogP contribution in [0.2, 0.25) is 10.0 Å². The maximum atomic E-state index is 13.6. The van der Waals surface area contributed by atoms with Gasteiger partial charge >= 0.3 is 6.18 Å². The number of benzene rings is 1. The molecule has 4 rings (SSSR count). The van der Waals surface area contributed by atoms with Gasteiger partial charge < -0.3 is 15.1 Å². The van der Waals surface area contributed by atoms with Crippen molar-refractivity contribution in [2.75, 3.05) is 41.3 Å². The summed E-state index contributed by atoms with van der Waals surface area (Å²) < 4.78 is 40.9. The van der Waals surface area contributed by atoms with E-state index < -0.39 is 11.7 Å². The summed E-state index contributed by atoms with van der Waals surface area (Å²) in [7, 11) is 0. The first-order valence-corrected chi connectivity index (χ1v) is 10.1. The van der Waals surface area contributed by atoms with Gasteiger partial charge in [0.1, 0.15) is 17.2 Å². The Morgan fingerprint density at radius 3 is 2.29 bits per heavy atom. The van der Waals surface area contributed by atoms with Gasteiger partial charge in [-0.25, -0.2) is 9.97 Å². The fraction of sp³-hybridized carbons (Fsp3) is 0.250. The molecule has 0 unspecified atom stereocenters. The van der Waals surface area contributed by atoms with E-state index in [1.807, 2.05) is 23.1 Å². The lowest BCUT2D eigenvalue weighted by atomic mass is 10.2. The van der Waals surface area contributed by atoms with Gasteiger partial charge in [-0.05, 0) is 30.3 Å². The van der Waals surface area contributed by atoms with Crippen LogP contribution in [-0.2, 0) is 6.18 Å². The molecule has 3 heterocycles. The Kier molecular flexibility index (Phi) is 6.06. The van der Waals surface area contributed by atoms with Crippen LogP contribution in [0.3, 0.4) is 0 Å². The number of aromatic nitrogens is 3. The molecule has 2 aromatic heterocycles. The van der Waals surface area contributed by atoms with E-state index in [4.69, 9.17) is 23.2 Å². The largest absolute Gasteiger partial charge is 0.421 e. The topological polar surface area (TPSA) is 57.2 Å². The first-order valence-electron chi connectivity index (χ1n) is 9.38. The smallest absolute Gasteiger partial charge is 0.353 e. The van der Waals surface area contributed by atoms with Gasteiger partial charge in [0.2, 0.25) is 5.95 Å². The molecule has 6 nitrogen and oxygen atoms in total. The Morgan fingerprint density at radius 1 is 0.903 bits per heavy atom. The summed E-state index contributed by atoms with van der Waals surface area (Å²) in [6.07, 6.45) is -2.09. The molecule has 0 atom stereocenters. The second-order valence-corrected chi connectivity index (χ2v) is 7.66. The number of pyridine rings is 1. The predicted octanol–water partition coefficient (Wildman–Crippen LogP) is 5.27. The van der Waals surface area contributed by atoms with E-state index in [9.17, 15) is 13.2 Å². The fourth-order valence-electron chi connectivity index (χ4n) is 3.27. The summed E-state index contributed by atoms with van der Waals surface area (Å²) in [6.45, 7) is 1.77. The maximum absolute atomic E-state index is 13.6. The highest BCUT2D eigenvalue weighted by atomic mass is 35.5. The van der Waals surface area contributed by atoms with Crippen LogP contribution in [0.5, 0.6) is 0 Å². The summed E-state index contributed by atoms with van der Waals surface area (Å²) in [5.41, 5.74) is -0.362. The number of hydrogen-bond acceptors (Lipinski definition) is 6. The normalized spacial score (nSPS) is 14.6. The number of nitrogens with one attached hydrogen (secondary N) is 1. The van der Waals surface area contributed by atoms with Gasteiger partial charge in [0, 0.05) is 44.3 Å². The molecule has 11 heteroatoms. The number of anilines is 4. The maximum Gasteiger partial charge on any atom is 0.421 e. The SMILES string of the molecule is FC(F)(F)c1cnc(Nc2ccc(Cl)c(Cl)c2)nc1N1CCN(c2ccccn2)CC1. The Balaban J connectivity index is 1.58. The molecule has 1 N–H and O–H groups in total. The van der Waals surface area contributed by atoms with Crippen LogP contribution in [0.25, 0.3) is 0 Å². The van der Waals surface area contributed by atoms with Gasteiger partial charge in [0.05, 0.1) is 10.0 Å². The van der Waals surface area contributed by atoms with Crippen molar-refractivity contribution < 1.29 is 13.2 Å². The zero-order chi connectivity index (χ0) is 22.0. The molecule has 31 heavy (non-hydrogen) atoms. The highest BCUT2D eigenvalue weighted by Crippen LogP contribution is 2.36. The standard InChI is InChI=1S/C20H17Cl2F3N6/c21-15-5-4-13(11-16(15)22)28-19-27-12-14(20(23,24)25)18(29-19)31-9-7-30(8-10-31)17-3-1-2-6-26-17/h1-6,11-12H,7-10H2,(H,27,28,29). The first kappa shape index (κ1) is 21.5. The van der Waals surface area contributed by atoms with Gasteiger partial charge in [-0.2, -0.15) is 18.2 Å². The number of alkyl halides is 3. The Bertz CT molecular complexity index is 1060. The van der Waals surface area contributed by atoms with Gasteiger partial charge in [-0.1, -0.05) is 29.3 Å². The van der Waals surface area contributed by atoms with Crippen LogP contribution < -0.4 is 15.1 Å². The molecular weight excluding hydrogens is 452 g/mol. The third kappa shape index (κ3) is 4.94. The van der Waals surface area contributed by atoms with Crippen molar-refractivity contribution in [2.45, 2.75) is 6.18 Å². The molecule has 0 spiro atoms. The van der Waals surface area contributed by atoms with Crippen molar-refractivity contribution in [2.24, 2.45) is 0 Å². The number of hydrogen-bond donors (Lipinski definition) is 1. The van der Waals surface area contributed by atoms with E-state index in [0.717, 1.165) is 12.0 Å². The van der Waals surface area contributed by atoms with Crippen molar-refractivity contribution in [1.29, 1.82) is 0 Å². The second kappa shape index (κ2) is 8.76. The zero-order valence-electron chi connectivity index (χ0n) is 16.1. The van der Waals surface area contributed by atoms with Crippen LogP contribution in [0.15, 0.2) is 48.8 Å². The average Bonchev–Trinajstić information content (AvgIpc) is 2.76. The minimum absolute atomic E-state index is 0.0357. The molecule has 0 amide bonds. The van der Waals surface area contributed by atoms with Crippen molar-refractivity contribution in [3.8, 4) is 0 Å². The number of piperazine rings is 1. The molecule has 162 valence electrons. The van der Waals surface area contributed by atoms with Crippen LogP contribution in [0, 0.1) is 0 Å². The third-order valence-corrected chi connectivity index (χ3v) is 5.54. The molecule has 0 saturated carbocycles. The third-order valence-electron chi connectivity index (χ3n) is 4.80. The Morgan fingerprint density at radius 2 is 1.65 bits per heavy atom. The van der Waals surface area contributed by atoms with Crippen LogP contribution in [0.1, 0.15) is 5.56 Å². The Hall–Kier alpha value is -2.78. The summed E-state index contributed by atoms with van der Waals surface area (Å²) >= 11 is 11.9. The summed E-state index contributed by atoms with van der Waals surface area (Å²) in [6, 6.07) is 10.3. The minimum Gasteiger partial charge on any atom is -0.353 e. The van der Waals surface area contributed by atoms with E-state index in [0.29, 0.717) is 41.9 Å². The molecule has 0 radical (unpaired) electrons. The molecule has 1 aromatic carbocycles. The Labute approximate surface area is 186 Å². The molecule has 3 aromatic rings. The first-order chi connectivity index (χ1) is 14.8. The van der Waals surface area contributed by atoms with E-state index in [1.54, 1.807) is 29.3 Å². The molecular formula is C20H17Cl2F3N6. The predicted molar refractivity (Wildman–Crippen MR) is 115 cm³/mol. The van der Waals surface area contributed by atoms with Crippen molar-refractivity contribution >= 4 is 46.5 Å². The molecule has 0 bridgehead atoms. The average molecular weight is 469 g/mol. The number of halogens is 5. The highest BCUT2D eigenvalue weighted by Gasteiger charge is 2.37. The molecule has 1 saturated heterocycles. The summed E-state index contributed by atoms with van der Waals surface area (Å²) in [4.78, 5) is 16.0. The number of rotatable bonds is 4. The van der Waals surface area contributed by atoms with Crippen molar-refractivity contribution in [3.05, 3.63) is 64.4 Å². The van der Waals surface area contributed by atoms with Crippen LogP contribution in [0.4, 0.5) is 36.4 Å². The number of nitrogens with zero attached hydrogens (tertiary/aromatic N) is 5. The monoisotopic (exact) mass is 468 g/mol. The van der Waals surface area contributed by atoms with Gasteiger partial charge in [-0.3, -0.25) is 0 Å². The lowest BCUT2D eigenvalue weighted by molar-refractivity contribution is -0.137. The van der Waals surface area contributed by atoms with Crippen LogP contribution >= 0.6 is 23.2 Å². The van der Waals surface area contributed by atoms with Crippen LogP contribution in [-0.4, -0.2) is 41.1 Å². The lowest BCUT2D eigenvalue weighted by Crippen LogP contribution is -2.47. The van der Waals surface area contributed by atoms with E-state index >= 15 is 0 Å². The van der Waals surface area contributed by atoms with E-state index in [-0.39, 0.29) is 11.8 Å². The van der Waals surface area contributed by atoms with Gasteiger partial charge in [-0.15, -0.1) is 0 Å². The molecule has 1 fully saturated rings. The highest BCUT2D eigenvalue weighted by molar-refractivity contribution is 6.42. The lowest BCUT2D eigenvalue weighted by Gasteiger charge is -2.36. The van der Waals surface area contributed by atoms with E-state index in [1.165, 1.54) is 0 Å². The summed E-state index contributed by atoms with van der Waals surface area (Å²) in [5, 5.41) is 3.56. The van der Waals surface area contributed by atoms with Crippen molar-refractivity contribution in [3.63, 3.8) is 0 Å². The minimum atomic E-state index is -4.57. The molecule has 1 aliphatic rings. The van der Waals surface area contributed by atoms with Gasteiger partial charge in [0.15, 0.2) is 0 Å². The second-order valence-electron chi connectivity index (χ2n) is 6.84. The summed E-state index contributed by atoms with van der Waals surface area (Å²) in [5.74, 6) is 0.669. The molecule has 0 aliphatic carbocycles. The van der Waals surface area contributed by atoms with Gasteiger partial charge in [0.25, 0.3) is 0 Å². The zero-order valence-corrected chi connectivity index (χ0v) is 17.6. The van der Waals surface area contributed by atoms with E-state index in [2.05, 4.69) is 20.3 Å². The quantitative estimate of drug-likeness (QED) is 0.562. The molecule has 1 aliphatic heterocycles.